The number of anilines is 1. The van der Waals surface area contributed by atoms with Gasteiger partial charge in [0.15, 0.2) is 0 Å². The molecule has 1 amide bonds. The zero-order chi connectivity index (χ0) is 41.7. The number of aryl methyl sites for hydroxylation is 4. The van der Waals surface area contributed by atoms with E-state index in [2.05, 4.69) is 5.32 Å². The van der Waals surface area contributed by atoms with Crippen LogP contribution in [0.25, 0.3) is 0 Å². The molecule has 2 aliphatic heterocycles. The highest BCUT2D eigenvalue weighted by atomic mass is 35.5. The number of carbonyl (C=O) groups excluding carboxylic acids is 1. The van der Waals surface area contributed by atoms with Gasteiger partial charge in [0.05, 0.1) is 0 Å². The van der Waals surface area contributed by atoms with E-state index in [1.54, 1.807) is 32.9 Å². The van der Waals surface area contributed by atoms with Crippen molar-refractivity contribution in [3.05, 3.63) is 95.1 Å². The van der Waals surface area contributed by atoms with E-state index in [1.807, 2.05) is 64.1 Å². The van der Waals surface area contributed by atoms with Gasteiger partial charge < -0.3 is 35.3 Å². The molecule has 0 spiro atoms. The van der Waals surface area contributed by atoms with Gasteiger partial charge in [-0.3, -0.25) is 0 Å². The molecule has 0 atom stereocenters. The maximum atomic E-state index is 13.4. The number of hydrogen-bond acceptors (Lipinski definition) is 11. The van der Waals surface area contributed by atoms with Crippen LogP contribution in [0.15, 0.2) is 82.6 Å². The van der Waals surface area contributed by atoms with Crippen LogP contribution in [0.5, 0.6) is 28.7 Å². The van der Waals surface area contributed by atoms with Crippen molar-refractivity contribution in [1.82, 2.24) is 18.8 Å². The van der Waals surface area contributed by atoms with Crippen molar-refractivity contribution in [1.29, 1.82) is 0 Å². The zero-order valence-electron chi connectivity index (χ0n) is 33.9. The molecule has 6 rings (SSSR count). The largest absolute Gasteiger partial charge is 0.508 e. The van der Waals surface area contributed by atoms with Crippen LogP contribution in [0.3, 0.4) is 0 Å². The number of phenolic OH excluding ortho intramolecular Hbond substituents is 1. The van der Waals surface area contributed by atoms with Crippen LogP contribution in [0.4, 0.5) is 10.5 Å². The minimum atomic E-state index is -3.89. The van der Waals surface area contributed by atoms with Gasteiger partial charge in [0.2, 0.25) is 20.0 Å². The third-order valence-corrected chi connectivity index (χ3v) is 12.8. The first-order valence-electron chi connectivity index (χ1n) is 18.6. The molecule has 0 unspecified atom stereocenters. The maximum Gasteiger partial charge on any atom is 0.410 e. The molecule has 14 nitrogen and oxygen atoms in total. The van der Waals surface area contributed by atoms with Crippen molar-refractivity contribution in [2.24, 2.45) is 0 Å². The summed E-state index contributed by atoms with van der Waals surface area (Å²) in [5.74, 6) is 1.43. The summed E-state index contributed by atoms with van der Waals surface area (Å²) < 4.78 is 72.9. The number of nitrogen functional groups attached to an aromatic ring is 1. The molecule has 4 aromatic rings. The first-order valence-corrected chi connectivity index (χ1v) is 21.5. The SMILES string of the molecule is Cc1cc(C)cc(Oc2ccc(N)cc2S(=O)(=O)N2CCN(C(=O)OC(C)(C)C)CC2)c1.Cc1cc(C)cc(Oc2ccc(O)cc2S(=O)(=O)N2CCNCC2)c1.Cl. The standard InChI is InChI=1S/C23H31N3O5S.C18H22N2O4S.ClH/c1-16-12-17(2)14-19(13-16)30-20-7-6-18(24)15-21(20)32(28,29)26-10-8-25(9-11-26)22(27)31-23(3,4)5;1-13-9-14(2)11-16(10-13)24-17-4-3-15(21)12-18(17)25(22,23)20-7-5-19-6-8-20;/h6-7,12-15H,8-11,24H2,1-5H3;3-4,9-12,19,21H,5-8H2,1-2H3;1H. The lowest BCUT2D eigenvalue weighted by Gasteiger charge is -2.35. The minimum Gasteiger partial charge on any atom is -0.508 e. The van der Waals surface area contributed by atoms with Gasteiger partial charge in [-0.25, -0.2) is 21.6 Å². The molecule has 2 fully saturated rings. The number of sulfonamides is 2. The van der Waals surface area contributed by atoms with Crippen LogP contribution >= 0.6 is 12.4 Å². The number of phenols is 1. The van der Waals surface area contributed by atoms with Gasteiger partial charge in [-0.1, -0.05) is 12.1 Å². The average molecular weight is 860 g/mol. The fraction of sp³-hybridized carbons (Fsp3) is 0.390. The summed E-state index contributed by atoms with van der Waals surface area (Å²) in [4.78, 5) is 13.8. The molecule has 2 heterocycles. The smallest absolute Gasteiger partial charge is 0.410 e. The van der Waals surface area contributed by atoms with Crippen molar-refractivity contribution in [3.63, 3.8) is 0 Å². The molecule has 2 saturated heterocycles. The zero-order valence-corrected chi connectivity index (χ0v) is 36.4. The lowest BCUT2D eigenvalue weighted by molar-refractivity contribution is 0.0192. The van der Waals surface area contributed by atoms with Gasteiger partial charge in [-0.15, -0.1) is 12.4 Å². The Hall–Kier alpha value is -4.58. The second kappa shape index (κ2) is 19.0. The third-order valence-electron chi connectivity index (χ3n) is 8.94. The lowest BCUT2D eigenvalue weighted by Crippen LogP contribution is -2.51. The fourth-order valence-corrected chi connectivity index (χ4v) is 9.58. The van der Waals surface area contributed by atoms with Gasteiger partial charge in [0.1, 0.15) is 44.1 Å². The highest BCUT2D eigenvalue weighted by molar-refractivity contribution is 7.89. The van der Waals surface area contributed by atoms with Gasteiger partial charge in [0, 0.05) is 64.1 Å². The van der Waals surface area contributed by atoms with Gasteiger partial charge in [-0.2, -0.15) is 8.61 Å². The Bertz CT molecular complexity index is 2260. The number of nitrogens with two attached hydrogens (primary N) is 1. The topological polar surface area (TPSA) is 181 Å². The van der Waals surface area contributed by atoms with E-state index in [0.717, 1.165) is 22.3 Å². The Morgan fingerprint density at radius 3 is 1.55 bits per heavy atom. The molecule has 4 N–H and O–H groups in total. The Balaban J connectivity index is 0.000000259. The summed E-state index contributed by atoms with van der Waals surface area (Å²) in [5.41, 5.74) is 9.70. The van der Waals surface area contributed by atoms with Gasteiger partial charge in [0.25, 0.3) is 0 Å². The molecule has 0 radical (unpaired) electrons. The highest BCUT2D eigenvalue weighted by Gasteiger charge is 2.34. The van der Waals surface area contributed by atoms with E-state index in [9.17, 15) is 26.7 Å². The van der Waals surface area contributed by atoms with Crippen LogP contribution in [-0.4, -0.2) is 99.5 Å². The lowest BCUT2D eigenvalue weighted by atomic mass is 10.1. The van der Waals surface area contributed by atoms with Crippen molar-refractivity contribution < 1.29 is 40.9 Å². The fourth-order valence-electron chi connectivity index (χ4n) is 6.43. The van der Waals surface area contributed by atoms with Crippen LogP contribution in [0, 0.1) is 27.7 Å². The molecule has 0 bridgehead atoms. The molecular weight excluding hydrogens is 806 g/mol. The Morgan fingerprint density at radius 1 is 0.655 bits per heavy atom. The predicted molar refractivity (Wildman–Crippen MR) is 226 cm³/mol. The highest BCUT2D eigenvalue weighted by Crippen LogP contribution is 2.36. The number of nitrogens with zero attached hydrogens (tertiary/aromatic N) is 3. The molecule has 2 aliphatic rings. The molecule has 58 heavy (non-hydrogen) atoms. The summed E-state index contributed by atoms with van der Waals surface area (Å²) >= 11 is 0. The van der Waals surface area contributed by atoms with E-state index < -0.39 is 31.7 Å². The first kappa shape index (κ1) is 46.1. The van der Waals surface area contributed by atoms with Crippen LogP contribution in [0.2, 0.25) is 0 Å². The second-order valence-corrected chi connectivity index (χ2v) is 19.0. The maximum absolute atomic E-state index is 13.4. The number of halogens is 1. The van der Waals surface area contributed by atoms with Crippen LogP contribution < -0.4 is 20.5 Å². The summed E-state index contributed by atoms with van der Waals surface area (Å²) in [7, 11) is -7.64. The van der Waals surface area contributed by atoms with Gasteiger partial charge in [-0.05, 0) is 125 Å². The number of piperazine rings is 2. The quantitative estimate of drug-likeness (QED) is 0.160. The molecule has 4 aromatic carbocycles. The first-order chi connectivity index (χ1) is 26.7. The number of nitrogens with one attached hydrogen (secondary N) is 1. The van der Waals surface area contributed by atoms with E-state index in [0.29, 0.717) is 43.4 Å². The van der Waals surface area contributed by atoms with Crippen molar-refractivity contribution in [3.8, 4) is 28.7 Å². The Kier molecular flexibility index (Phi) is 15.1. The monoisotopic (exact) mass is 859 g/mol. The normalized spacial score (nSPS) is 15.4. The van der Waals surface area contributed by atoms with Crippen molar-refractivity contribution >= 4 is 44.2 Å². The summed E-state index contributed by atoms with van der Waals surface area (Å²) in [6.45, 7) is 16.0. The van der Waals surface area contributed by atoms with Crippen molar-refractivity contribution in [2.45, 2.75) is 63.9 Å². The summed E-state index contributed by atoms with van der Waals surface area (Å²) in [6.07, 6.45) is -0.447. The number of aromatic hydroxyl groups is 1. The molecule has 0 aromatic heterocycles. The van der Waals surface area contributed by atoms with E-state index >= 15 is 0 Å². The third kappa shape index (κ3) is 12.0. The molecule has 0 saturated carbocycles. The van der Waals surface area contributed by atoms with E-state index in [-0.39, 0.29) is 65.6 Å². The molecule has 0 aliphatic carbocycles. The molecule has 316 valence electrons. The molecular formula is C41H54ClN5O9S2. The number of benzene rings is 4. The average Bonchev–Trinajstić information content (AvgIpc) is 3.12. The minimum absolute atomic E-state index is 0. The molecule has 17 heteroatoms. The number of amides is 1. The van der Waals surface area contributed by atoms with Crippen LogP contribution in [0.1, 0.15) is 43.0 Å². The number of ether oxygens (including phenoxy) is 3. The van der Waals surface area contributed by atoms with Gasteiger partial charge >= 0.3 is 6.09 Å². The van der Waals surface area contributed by atoms with Crippen LogP contribution in [-0.2, 0) is 24.8 Å². The van der Waals surface area contributed by atoms with E-state index in [4.69, 9.17) is 19.9 Å². The second-order valence-electron chi connectivity index (χ2n) is 15.2. The number of rotatable bonds is 8. The number of carbonyl (C=O) groups is 1. The van der Waals surface area contributed by atoms with E-state index in [1.165, 1.54) is 37.8 Å². The summed E-state index contributed by atoms with van der Waals surface area (Å²) in [6, 6.07) is 20.2. The Labute approximate surface area is 348 Å². The van der Waals surface area contributed by atoms with Crippen molar-refractivity contribution in [2.75, 3.05) is 58.1 Å². The predicted octanol–water partition coefficient (Wildman–Crippen LogP) is 6.74. The Morgan fingerprint density at radius 2 is 1.09 bits per heavy atom. The summed E-state index contributed by atoms with van der Waals surface area (Å²) in [5, 5.41) is 12.9. The number of hydrogen-bond donors (Lipinski definition) is 3.